The minimum Gasteiger partial charge on any atom is -0.477 e. The van der Waals surface area contributed by atoms with Gasteiger partial charge in [0.2, 0.25) is 17.7 Å². The molecule has 53 heavy (non-hydrogen) atoms. The average Bonchev–Trinajstić information content (AvgIpc) is 3.05. The van der Waals surface area contributed by atoms with Gasteiger partial charge in [0.15, 0.2) is 12.6 Å². The van der Waals surface area contributed by atoms with Crippen LogP contribution in [0, 0.1) is 0 Å². The molecule has 3 fully saturated rings. The highest BCUT2D eigenvalue weighted by molar-refractivity contribution is 7.80. The van der Waals surface area contributed by atoms with E-state index >= 15 is 0 Å². The van der Waals surface area contributed by atoms with Gasteiger partial charge in [-0.3, -0.25) is 18.9 Å². The van der Waals surface area contributed by atoms with Crippen LogP contribution in [0.2, 0.25) is 0 Å². The van der Waals surface area contributed by atoms with Crippen molar-refractivity contribution in [3.05, 3.63) is 0 Å². The minimum atomic E-state index is -5.15. The van der Waals surface area contributed by atoms with Gasteiger partial charge in [0, 0.05) is 27.2 Å². The van der Waals surface area contributed by atoms with E-state index in [2.05, 4.69) is 20.1 Å². The van der Waals surface area contributed by atoms with E-state index in [1.165, 1.54) is 0 Å². The topological polar surface area (TPSA) is 396 Å². The lowest BCUT2D eigenvalue weighted by Crippen LogP contribution is -2.70. The van der Waals surface area contributed by atoms with Crippen molar-refractivity contribution in [2.45, 2.75) is 125 Å². The van der Waals surface area contributed by atoms with Crippen molar-refractivity contribution in [3.63, 3.8) is 0 Å². The van der Waals surface area contributed by atoms with Gasteiger partial charge in [-0.25, -0.2) is 8.98 Å². The average molecular weight is 796 g/mol. The molecule has 0 aliphatic carbocycles. The second-order valence-electron chi connectivity index (χ2n) is 12.5. The molecule has 3 aliphatic heterocycles. The maximum absolute atomic E-state index is 12.6. The van der Waals surface area contributed by atoms with Gasteiger partial charge in [-0.2, -0.15) is 8.42 Å². The van der Waals surface area contributed by atoms with E-state index in [1.54, 1.807) is 0 Å². The number of nitrogens with one attached hydrogen (secondary N) is 3. The third-order valence-electron chi connectivity index (χ3n) is 8.47. The molecule has 0 aromatic rings. The minimum absolute atomic E-state index is 0.761. The van der Waals surface area contributed by atoms with Crippen LogP contribution in [0.3, 0.4) is 0 Å². The van der Waals surface area contributed by atoms with E-state index in [-0.39, 0.29) is 0 Å². The summed E-state index contributed by atoms with van der Waals surface area (Å²) in [6.07, 6.45) is -24.5. The fourth-order valence-electron chi connectivity index (χ4n) is 6.00. The van der Waals surface area contributed by atoms with E-state index < -0.39 is 158 Å². The molecule has 0 saturated carbocycles. The predicted octanol–water partition coefficient (Wildman–Crippen LogP) is -8.11. The molecule has 0 unspecified atom stereocenters. The molecule has 3 amide bonds. The van der Waals surface area contributed by atoms with E-state index in [4.69, 9.17) is 28.2 Å². The SMILES string of the molecule is CC(=O)N[C@@H]1[C@@H](O)[C@H](O[C@@H]2O[C@H](CO[C@]3(C(=O)O)C[C@H](O)[C@@H](NC(C)=O)[C@H]([C@H](O)[C@H](O)CO)O3)[C@H](O)[C@H](O)[C@H]2NC(C)=O)[C@@H](COS(=O)(=O)O)O[C@H]1O. The molecule has 0 spiro atoms. The van der Waals surface area contributed by atoms with E-state index in [9.17, 15) is 73.6 Å². The van der Waals surface area contributed by atoms with Crippen LogP contribution in [0.1, 0.15) is 27.2 Å². The van der Waals surface area contributed by atoms with Crippen LogP contribution in [0.25, 0.3) is 0 Å². The Morgan fingerprint density at radius 1 is 0.830 bits per heavy atom. The maximum atomic E-state index is 12.6. The van der Waals surface area contributed by atoms with Gasteiger partial charge in [-0.15, -0.1) is 0 Å². The Morgan fingerprint density at radius 3 is 1.92 bits per heavy atom. The summed E-state index contributed by atoms with van der Waals surface area (Å²) in [6.45, 7) is -0.220. The van der Waals surface area contributed by atoms with Gasteiger partial charge < -0.3 is 85.6 Å². The number of aliphatic carboxylic acids is 1. The van der Waals surface area contributed by atoms with Crippen molar-refractivity contribution in [2.75, 3.05) is 19.8 Å². The fourth-order valence-corrected chi connectivity index (χ4v) is 6.31. The molecule has 0 radical (unpaired) electrons. The number of hydrogen-bond donors (Lipinski definition) is 13. The second kappa shape index (κ2) is 18.2. The van der Waals surface area contributed by atoms with E-state index in [1.807, 2.05) is 0 Å². The molecule has 13 N–H and O–H groups in total. The summed E-state index contributed by atoms with van der Waals surface area (Å²) in [4.78, 5) is 48.2. The number of aliphatic hydroxyl groups is 8. The number of carbonyl (C=O) groups excluding carboxylic acids is 3. The summed E-state index contributed by atoms with van der Waals surface area (Å²) >= 11 is 0. The maximum Gasteiger partial charge on any atom is 0.397 e. The fraction of sp³-hybridized carbons (Fsp3) is 0.852. The van der Waals surface area contributed by atoms with Crippen LogP contribution < -0.4 is 16.0 Å². The smallest absolute Gasteiger partial charge is 0.397 e. The first kappa shape index (κ1) is 44.6. The number of amides is 3. The standard InChI is InChI=1S/C27H45N3O22S/c1-8(32)28-15-11(35)4-27(26(42)43,52-23(15)18(37)12(36)5-31)47-6-13-19(38)20(39)17(30-10(3)34)25(50-13)51-22-14(7-48-53(44,45)46)49-24(41)16(21(22)40)29-9(2)33/h11-25,31,35-41H,4-7H2,1-3H3,(H,28,32)(H,29,33)(H,30,34)(H,42,43)(H,44,45,46)/t11-,12+,13+,14+,15+,16+,17+,18+,19-,20+,21+,22+,23+,24+,25-,27+/m0/s1. The second-order valence-corrected chi connectivity index (χ2v) is 13.6. The molecular weight excluding hydrogens is 750 g/mol. The Bertz CT molecular complexity index is 1410. The summed E-state index contributed by atoms with van der Waals surface area (Å²) in [5.41, 5.74) is 0. The molecule has 26 heteroatoms. The highest BCUT2D eigenvalue weighted by atomic mass is 32.3. The lowest BCUT2D eigenvalue weighted by Gasteiger charge is -2.49. The van der Waals surface area contributed by atoms with Gasteiger partial charge in [0.1, 0.15) is 67.0 Å². The monoisotopic (exact) mass is 795 g/mol. The molecule has 306 valence electrons. The molecular formula is C27H45N3O22S. The molecule has 16 atom stereocenters. The molecule has 3 aliphatic rings. The highest BCUT2D eigenvalue weighted by Crippen LogP contribution is 2.35. The zero-order valence-corrected chi connectivity index (χ0v) is 29.1. The molecule has 0 bridgehead atoms. The zero-order chi connectivity index (χ0) is 40.2. The van der Waals surface area contributed by atoms with E-state index in [0.29, 0.717) is 0 Å². The highest BCUT2D eigenvalue weighted by Gasteiger charge is 2.57. The van der Waals surface area contributed by atoms with Crippen LogP contribution in [0.5, 0.6) is 0 Å². The summed E-state index contributed by atoms with van der Waals surface area (Å²) < 4.78 is 63.8. The number of ether oxygens (including phenoxy) is 5. The summed E-state index contributed by atoms with van der Waals surface area (Å²) in [5, 5.41) is 101. The molecule has 0 aromatic carbocycles. The van der Waals surface area contributed by atoms with Crippen molar-refractivity contribution < 1.29 is 106 Å². The number of carboxylic acids is 1. The van der Waals surface area contributed by atoms with Gasteiger partial charge in [0.05, 0.1) is 32.0 Å². The molecule has 3 saturated heterocycles. The number of rotatable bonds is 15. The van der Waals surface area contributed by atoms with Crippen LogP contribution >= 0.6 is 0 Å². The van der Waals surface area contributed by atoms with Crippen molar-refractivity contribution in [1.29, 1.82) is 0 Å². The van der Waals surface area contributed by atoms with E-state index in [0.717, 1.165) is 20.8 Å². The van der Waals surface area contributed by atoms with Crippen LogP contribution in [-0.4, -0.2) is 200 Å². The third-order valence-corrected chi connectivity index (χ3v) is 8.91. The molecule has 3 rings (SSSR count). The lowest BCUT2D eigenvalue weighted by molar-refractivity contribution is -0.345. The lowest BCUT2D eigenvalue weighted by atomic mass is 9.88. The van der Waals surface area contributed by atoms with Gasteiger partial charge in [0.25, 0.3) is 5.79 Å². The van der Waals surface area contributed by atoms with Crippen molar-refractivity contribution >= 4 is 34.1 Å². The van der Waals surface area contributed by atoms with Crippen molar-refractivity contribution in [1.82, 2.24) is 16.0 Å². The number of aliphatic hydroxyl groups excluding tert-OH is 8. The van der Waals surface area contributed by atoms with Gasteiger partial charge >= 0.3 is 16.4 Å². The number of carbonyl (C=O) groups is 4. The summed E-state index contributed by atoms with van der Waals surface area (Å²) in [5.74, 6) is -7.24. The first-order valence-electron chi connectivity index (χ1n) is 15.8. The Morgan fingerprint density at radius 2 is 1.40 bits per heavy atom. The van der Waals surface area contributed by atoms with Gasteiger partial charge in [-0.05, 0) is 0 Å². The first-order valence-corrected chi connectivity index (χ1v) is 17.2. The number of hydrogen-bond acceptors (Lipinski definition) is 20. The molecule has 0 aromatic heterocycles. The summed E-state index contributed by atoms with van der Waals surface area (Å²) in [7, 11) is -5.15. The van der Waals surface area contributed by atoms with Gasteiger partial charge in [-0.1, -0.05) is 0 Å². The Kier molecular flexibility index (Phi) is 15.4. The summed E-state index contributed by atoms with van der Waals surface area (Å²) in [6, 6.07) is -4.92. The first-order chi connectivity index (χ1) is 24.5. The largest absolute Gasteiger partial charge is 0.477 e. The normalized spacial score (nSPS) is 39.0. The molecule has 3 heterocycles. The van der Waals surface area contributed by atoms with Crippen LogP contribution in [-0.2, 0) is 57.4 Å². The number of carboxylic acid groups (broad SMARTS) is 1. The zero-order valence-electron chi connectivity index (χ0n) is 28.3. The van der Waals surface area contributed by atoms with Crippen molar-refractivity contribution in [3.8, 4) is 0 Å². The Labute approximate surface area is 300 Å². The Hall–Kier alpha value is -2.77. The third kappa shape index (κ3) is 11.2. The molecule has 25 nitrogen and oxygen atoms in total. The van der Waals surface area contributed by atoms with Crippen LogP contribution in [0.4, 0.5) is 0 Å². The van der Waals surface area contributed by atoms with Crippen molar-refractivity contribution in [2.24, 2.45) is 0 Å². The van der Waals surface area contributed by atoms with Crippen LogP contribution in [0.15, 0.2) is 0 Å². The quantitative estimate of drug-likeness (QED) is 0.0684. The Balaban J connectivity index is 1.96. The predicted molar refractivity (Wildman–Crippen MR) is 164 cm³/mol.